The first-order valence-electron chi connectivity index (χ1n) is 9.41. The third kappa shape index (κ3) is 4.76. The molecule has 0 atom stereocenters. The van der Waals surface area contributed by atoms with E-state index in [9.17, 15) is 0 Å². The van der Waals surface area contributed by atoms with Gasteiger partial charge in [-0.1, -0.05) is 42.5 Å². The first kappa shape index (κ1) is 19.5. The molecule has 3 N–H and O–H groups in total. The van der Waals surface area contributed by atoms with Crippen molar-refractivity contribution in [3.63, 3.8) is 0 Å². The fraction of sp³-hybridized carbons (Fsp3) is 0.0435. The predicted octanol–water partition coefficient (Wildman–Crippen LogP) is 5.62. The molecule has 0 amide bonds. The van der Waals surface area contributed by atoms with Gasteiger partial charge in [0.05, 0.1) is 7.11 Å². The van der Waals surface area contributed by atoms with E-state index in [1.165, 1.54) is 0 Å². The number of hydrogen-bond acceptors (Lipinski definition) is 5. The van der Waals surface area contributed by atoms with Crippen LogP contribution in [0.3, 0.4) is 0 Å². The lowest BCUT2D eigenvalue weighted by atomic mass is 10.3. The van der Waals surface area contributed by atoms with Crippen LogP contribution in [0, 0.1) is 0 Å². The molecular formula is C23H21N5OS. The molecule has 30 heavy (non-hydrogen) atoms. The summed E-state index contributed by atoms with van der Waals surface area (Å²) >= 11 is 5.64. The molecule has 7 heteroatoms. The Hall–Kier alpha value is -3.84. The fourth-order valence-electron chi connectivity index (χ4n) is 2.90. The molecule has 0 aliphatic carbocycles. The van der Waals surface area contributed by atoms with Crippen LogP contribution in [0.15, 0.2) is 91.0 Å². The van der Waals surface area contributed by atoms with Gasteiger partial charge in [0.25, 0.3) is 0 Å². The van der Waals surface area contributed by atoms with E-state index in [1.54, 1.807) is 11.8 Å². The van der Waals surface area contributed by atoms with Crippen molar-refractivity contribution < 1.29 is 4.74 Å². The van der Waals surface area contributed by atoms with E-state index in [0.717, 1.165) is 28.6 Å². The third-order valence-corrected chi connectivity index (χ3v) is 4.59. The molecule has 0 saturated heterocycles. The summed E-state index contributed by atoms with van der Waals surface area (Å²) in [5.74, 6) is 2.16. The lowest BCUT2D eigenvalue weighted by Gasteiger charge is -2.13. The smallest absolute Gasteiger partial charge is 0.200 e. The van der Waals surface area contributed by atoms with Crippen molar-refractivity contribution in [2.24, 2.45) is 0 Å². The number of para-hydroxylation sites is 2. The molecule has 0 bridgehead atoms. The Balaban J connectivity index is 1.62. The lowest BCUT2D eigenvalue weighted by Crippen LogP contribution is -2.22. The number of aromatic nitrogens is 2. The van der Waals surface area contributed by atoms with E-state index in [4.69, 9.17) is 17.0 Å². The van der Waals surface area contributed by atoms with Gasteiger partial charge < -0.3 is 20.7 Å². The normalized spacial score (nSPS) is 10.3. The number of methoxy groups -OCH3 is 1. The minimum atomic E-state index is 0.433. The number of thiocarbonyl (C=S) groups is 1. The van der Waals surface area contributed by atoms with Crippen LogP contribution in [0.5, 0.6) is 5.75 Å². The lowest BCUT2D eigenvalue weighted by molar-refractivity contribution is 0.415. The van der Waals surface area contributed by atoms with E-state index in [-0.39, 0.29) is 0 Å². The van der Waals surface area contributed by atoms with Crippen LogP contribution in [0.25, 0.3) is 0 Å². The largest absolute Gasteiger partial charge is 0.497 e. The van der Waals surface area contributed by atoms with Crippen LogP contribution < -0.4 is 20.7 Å². The van der Waals surface area contributed by atoms with Gasteiger partial charge in [-0.15, -0.1) is 5.10 Å². The van der Waals surface area contributed by atoms with Gasteiger partial charge in [-0.3, -0.25) is 0 Å². The zero-order valence-electron chi connectivity index (χ0n) is 16.4. The molecule has 0 aliphatic heterocycles. The molecule has 0 aliphatic rings. The van der Waals surface area contributed by atoms with Crippen LogP contribution >= 0.6 is 12.2 Å². The second-order valence-corrected chi connectivity index (χ2v) is 6.86. The SMILES string of the molecule is COc1cccc(NC(=S)n2nc(Nc3ccccc3)cc2Nc2ccccc2)c1. The second kappa shape index (κ2) is 9.11. The molecule has 1 aromatic heterocycles. The minimum absolute atomic E-state index is 0.433. The Morgan fingerprint density at radius 2 is 1.43 bits per heavy atom. The van der Waals surface area contributed by atoms with Crippen molar-refractivity contribution in [2.75, 3.05) is 23.1 Å². The van der Waals surface area contributed by atoms with Crippen LogP contribution in [-0.4, -0.2) is 22.0 Å². The standard InChI is InChI=1S/C23H21N5OS/c1-29-20-14-8-13-19(15-20)26-23(30)28-22(25-18-11-6-3-7-12-18)16-21(27-28)24-17-9-4-2-5-10-17/h2-16,25H,1H3,(H,24,27)(H,26,30). The van der Waals surface area contributed by atoms with Gasteiger partial charge in [0.2, 0.25) is 0 Å². The van der Waals surface area contributed by atoms with Crippen LogP contribution in [-0.2, 0) is 0 Å². The zero-order chi connectivity index (χ0) is 20.8. The Kier molecular flexibility index (Phi) is 5.91. The Morgan fingerprint density at radius 3 is 2.10 bits per heavy atom. The maximum atomic E-state index is 5.64. The van der Waals surface area contributed by atoms with Gasteiger partial charge in [0.1, 0.15) is 11.6 Å². The molecule has 0 spiro atoms. The number of anilines is 5. The van der Waals surface area contributed by atoms with Crippen molar-refractivity contribution >= 4 is 46.0 Å². The van der Waals surface area contributed by atoms with E-state index in [0.29, 0.717) is 10.9 Å². The third-order valence-electron chi connectivity index (χ3n) is 4.32. The molecule has 0 saturated carbocycles. The first-order chi connectivity index (χ1) is 14.7. The quantitative estimate of drug-likeness (QED) is 0.355. The Bertz CT molecular complexity index is 1130. The summed E-state index contributed by atoms with van der Waals surface area (Å²) in [6.07, 6.45) is 0. The first-order valence-corrected chi connectivity index (χ1v) is 9.82. The van der Waals surface area contributed by atoms with E-state index in [2.05, 4.69) is 21.0 Å². The van der Waals surface area contributed by atoms with Gasteiger partial charge in [-0.25, -0.2) is 0 Å². The summed E-state index contributed by atoms with van der Waals surface area (Å²) in [5, 5.41) is 15.0. The number of rotatable bonds is 6. The molecule has 3 aromatic carbocycles. The average Bonchev–Trinajstić information content (AvgIpc) is 3.17. The summed E-state index contributed by atoms with van der Waals surface area (Å²) < 4.78 is 6.95. The van der Waals surface area contributed by atoms with Crippen LogP contribution in [0.4, 0.5) is 28.7 Å². The van der Waals surface area contributed by atoms with Crippen molar-refractivity contribution in [2.45, 2.75) is 0 Å². The van der Waals surface area contributed by atoms with Crippen molar-refractivity contribution in [3.05, 3.63) is 91.0 Å². The number of ether oxygens (including phenoxy) is 1. The molecule has 1 heterocycles. The van der Waals surface area contributed by atoms with Gasteiger partial charge in [0, 0.05) is 29.2 Å². The maximum Gasteiger partial charge on any atom is 0.200 e. The van der Waals surface area contributed by atoms with Crippen molar-refractivity contribution in [3.8, 4) is 5.75 Å². The molecule has 0 unspecified atom stereocenters. The Labute approximate surface area is 180 Å². The average molecular weight is 416 g/mol. The van der Waals surface area contributed by atoms with Gasteiger partial charge in [-0.2, -0.15) is 4.68 Å². The fourth-order valence-corrected chi connectivity index (χ4v) is 3.16. The van der Waals surface area contributed by atoms with Crippen molar-refractivity contribution in [1.29, 1.82) is 0 Å². The highest BCUT2D eigenvalue weighted by molar-refractivity contribution is 7.80. The summed E-state index contributed by atoms with van der Waals surface area (Å²) in [6, 6.07) is 29.3. The van der Waals surface area contributed by atoms with Gasteiger partial charge in [0.15, 0.2) is 10.9 Å². The van der Waals surface area contributed by atoms with Crippen molar-refractivity contribution in [1.82, 2.24) is 9.78 Å². The van der Waals surface area contributed by atoms with E-state index >= 15 is 0 Å². The summed E-state index contributed by atoms with van der Waals surface area (Å²) in [7, 11) is 1.63. The predicted molar refractivity (Wildman–Crippen MR) is 126 cm³/mol. The monoisotopic (exact) mass is 415 g/mol. The Morgan fingerprint density at radius 1 is 0.800 bits per heavy atom. The number of benzene rings is 3. The molecule has 4 aromatic rings. The highest BCUT2D eigenvalue weighted by Crippen LogP contribution is 2.24. The van der Waals surface area contributed by atoms with Crippen LogP contribution in [0.2, 0.25) is 0 Å². The highest BCUT2D eigenvalue weighted by Gasteiger charge is 2.13. The minimum Gasteiger partial charge on any atom is -0.497 e. The second-order valence-electron chi connectivity index (χ2n) is 6.47. The summed E-state index contributed by atoms with van der Waals surface area (Å²) in [6.45, 7) is 0. The van der Waals surface area contributed by atoms with E-state index in [1.807, 2.05) is 91.0 Å². The molecular weight excluding hydrogens is 394 g/mol. The number of hydrogen-bond donors (Lipinski definition) is 3. The van der Waals surface area contributed by atoms with Gasteiger partial charge in [-0.05, 0) is 48.6 Å². The molecule has 4 rings (SSSR count). The number of nitrogens with zero attached hydrogens (tertiary/aromatic N) is 2. The highest BCUT2D eigenvalue weighted by atomic mass is 32.1. The van der Waals surface area contributed by atoms with Crippen LogP contribution in [0.1, 0.15) is 0 Å². The molecule has 150 valence electrons. The molecule has 0 fully saturated rings. The molecule has 6 nitrogen and oxygen atoms in total. The summed E-state index contributed by atoms with van der Waals surface area (Å²) in [5.41, 5.74) is 2.70. The number of nitrogens with one attached hydrogen (secondary N) is 3. The van der Waals surface area contributed by atoms with E-state index < -0.39 is 0 Å². The van der Waals surface area contributed by atoms with Gasteiger partial charge >= 0.3 is 0 Å². The topological polar surface area (TPSA) is 63.1 Å². The maximum absolute atomic E-state index is 5.64. The zero-order valence-corrected chi connectivity index (χ0v) is 17.2. The summed E-state index contributed by atoms with van der Waals surface area (Å²) in [4.78, 5) is 0. The molecule has 0 radical (unpaired) electrons.